The van der Waals surface area contributed by atoms with E-state index < -0.39 is 69.0 Å². The first-order chi connectivity index (χ1) is 31.6. The summed E-state index contributed by atoms with van der Waals surface area (Å²) in [6.45, 7) is 5.28. The summed E-state index contributed by atoms with van der Waals surface area (Å²) >= 11 is 0. The number of hydrogen-bond donors (Lipinski definition) is 2. The van der Waals surface area contributed by atoms with Gasteiger partial charge in [-0.05, 0) is 43.3 Å². The van der Waals surface area contributed by atoms with Crippen molar-refractivity contribution in [1.29, 1.82) is 4.78 Å². The number of piperazine rings is 1. The maximum atomic E-state index is 11.8. The molecule has 9 rings (SSSR count). The summed E-state index contributed by atoms with van der Waals surface area (Å²) < 4.78 is 177. The number of rotatable bonds is 7. The fourth-order valence-electron chi connectivity index (χ4n) is 5.20. The summed E-state index contributed by atoms with van der Waals surface area (Å²) in [4.78, 5) is 2.36. The van der Waals surface area contributed by atoms with E-state index in [1.54, 1.807) is 60.7 Å². The number of fused-ring (bicyclic) bond motifs is 7. The number of hydrogen-bond acceptors (Lipinski definition) is 19. The predicted molar refractivity (Wildman–Crippen MR) is 251 cm³/mol. The molecule has 4 aliphatic heterocycles. The van der Waals surface area contributed by atoms with Crippen LogP contribution < -0.4 is 17.4 Å². The van der Waals surface area contributed by atoms with Crippen molar-refractivity contribution in [3.05, 3.63) is 163 Å². The van der Waals surface area contributed by atoms with Gasteiger partial charge in [-0.25, -0.2) is 55.4 Å². The Bertz CT molecular complexity index is 3200. The Morgan fingerprint density at radius 2 is 1.07 bits per heavy atom. The molecule has 0 radical (unpaired) electrons. The van der Waals surface area contributed by atoms with Crippen LogP contribution in [0.2, 0.25) is 0 Å². The molecular weight excluding hydrogens is 1040 g/mol. The van der Waals surface area contributed by atoms with Crippen LogP contribution in [0.1, 0.15) is 5.56 Å². The molecule has 0 amide bonds. The summed E-state index contributed by atoms with van der Waals surface area (Å²) in [7, 11) is -29.8. The molecule has 0 saturated carbocycles. The van der Waals surface area contributed by atoms with Gasteiger partial charge in [0.15, 0.2) is 8.76 Å². The molecule has 4 heterocycles. The molecule has 372 valence electrons. The first-order valence-electron chi connectivity index (χ1n) is 18.8. The van der Waals surface area contributed by atoms with Gasteiger partial charge in [-0.1, -0.05) is 115 Å². The minimum absolute atomic E-state index is 0.0143. The predicted octanol–water partition coefficient (Wildman–Crippen LogP) is 4.24. The summed E-state index contributed by atoms with van der Waals surface area (Å²) in [6.07, 6.45) is 0.646. The van der Waals surface area contributed by atoms with Gasteiger partial charge >= 0.3 is 0 Å². The molecule has 2 N–H and O–H groups in total. The molecule has 5 aromatic rings. The highest BCUT2D eigenvalue weighted by Crippen LogP contribution is 2.40. The highest BCUT2D eigenvalue weighted by Gasteiger charge is 2.24. The van der Waals surface area contributed by atoms with Crippen molar-refractivity contribution in [3.63, 3.8) is 0 Å². The van der Waals surface area contributed by atoms with Crippen LogP contribution in [0.4, 0.5) is 0 Å². The summed E-state index contributed by atoms with van der Waals surface area (Å²) in [6, 6.07) is 37.2. The second-order valence-electron chi connectivity index (χ2n) is 13.5. The van der Waals surface area contributed by atoms with Gasteiger partial charge in [-0.15, -0.1) is 0 Å². The van der Waals surface area contributed by atoms with Gasteiger partial charge < -0.3 is 35.6 Å². The SMILES string of the molecule is CS(=N)(=O)S(=O)(=O)N[O-].Cc1ccccc1.O=S(=O)([N-]S(=O)(=O)c1ccccc1)Oc1ccccc1.O=S1(=O)[N-]CN2CCN1CC2.O=S1(=O)[N-]S(=O)(=O)Oc2ccccc2-c2ccccc2O1. The van der Waals surface area contributed by atoms with Crippen LogP contribution in [0.25, 0.3) is 24.1 Å². The summed E-state index contributed by atoms with van der Waals surface area (Å²) in [5.74, 6) is -0.0803. The lowest BCUT2D eigenvalue weighted by Gasteiger charge is -2.29. The molecule has 4 aliphatic rings. The van der Waals surface area contributed by atoms with Gasteiger partial charge in [0.1, 0.15) is 37.5 Å². The molecule has 31 heteroatoms. The van der Waals surface area contributed by atoms with Crippen molar-refractivity contribution in [2.45, 2.75) is 11.8 Å². The number of aryl methyl sites for hydroxylation is 1. The number of nitrogens with zero attached hydrogens (tertiary/aromatic N) is 5. The molecule has 1 unspecified atom stereocenters. The van der Waals surface area contributed by atoms with Gasteiger partial charge in [0.05, 0.1) is 0 Å². The van der Waals surface area contributed by atoms with Gasteiger partial charge in [-0.3, -0.25) is 4.89 Å². The lowest BCUT2D eigenvalue weighted by Crippen LogP contribution is -2.43. The number of benzene rings is 5. The largest absolute Gasteiger partial charge is 0.774 e. The molecule has 0 spiro atoms. The van der Waals surface area contributed by atoms with Crippen LogP contribution in [-0.2, 0) is 69.0 Å². The van der Waals surface area contributed by atoms with Gasteiger partial charge in [-0.2, -0.15) is 8.42 Å². The monoisotopic (exact) mass is 1080 g/mol. The molecular formula is C37H41N7O17S7-4. The molecule has 0 aromatic heterocycles. The number of sulfonamides is 1. The van der Waals surface area contributed by atoms with E-state index in [1.807, 2.05) is 23.1 Å². The fourth-order valence-corrected chi connectivity index (χ4v) is 11.0. The average molecular weight is 1080 g/mol. The van der Waals surface area contributed by atoms with E-state index in [1.165, 1.54) is 58.4 Å². The minimum atomic E-state index is -4.69. The standard InChI is InChI=1S/C12H8NO6S2.C12H10NO5S2.C7H8.C5H10N3O2S.CH5N2O4S2/c14-20(15)13-21(16,17)19-12-8-4-2-6-10(12)9-5-1-3-7-11(9)18-20;14-19(15,12-9-5-2-6-10-12)13-20(16,17)18-11-7-3-1-4-8-11;1-7-5-3-2-4-6-7;9-11(10)6-5-7-1-3-8(11)4-2-7;1-8(2,5)9(6,7)3-4/h1-8H;1-10H;2-6H,1H3;1-5H2;2-3H,1H3/q2*-1;;2*-1. The molecule has 0 aliphatic carbocycles. The quantitative estimate of drug-likeness (QED) is 0.170. The number of para-hydroxylation sites is 3. The van der Waals surface area contributed by atoms with E-state index >= 15 is 0 Å². The second-order valence-corrected chi connectivity index (χ2v) is 26.7. The Morgan fingerprint density at radius 1 is 0.647 bits per heavy atom. The van der Waals surface area contributed by atoms with Gasteiger partial charge in [0, 0.05) is 48.5 Å². The third kappa shape index (κ3) is 17.4. The maximum Gasteiger partial charge on any atom is 0.288 e. The van der Waals surface area contributed by atoms with Crippen LogP contribution in [0, 0.1) is 16.9 Å². The third-order valence-electron chi connectivity index (χ3n) is 8.35. The molecule has 68 heavy (non-hydrogen) atoms. The van der Waals surface area contributed by atoms with Crippen molar-refractivity contribution in [1.82, 2.24) is 14.1 Å². The van der Waals surface area contributed by atoms with Crippen LogP contribution >= 0.6 is 0 Å². The Balaban J connectivity index is 0.000000197. The van der Waals surface area contributed by atoms with Crippen LogP contribution in [0.3, 0.4) is 0 Å². The first-order valence-corrected chi connectivity index (χ1v) is 29.7. The van der Waals surface area contributed by atoms with Crippen LogP contribution in [0.15, 0.2) is 144 Å². The minimum Gasteiger partial charge on any atom is -0.774 e. The fraction of sp³-hybridized carbons (Fsp3) is 0.189. The number of nitrogens with one attached hydrogen (secondary N) is 2. The van der Waals surface area contributed by atoms with Crippen molar-refractivity contribution >= 4 is 69.0 Å². The smallest absolute Gasteiger partial charge is 0.288 e. The molecule has 3 saturated heterocycles. The van der Waals surface area contributed by atoms with E-state index in [4.69, 9.17) is 13.1 Å². The van der Waals surface area contributed by atoms with Crippen LogP contribution in [-0.4, -0.2) is 103 Å². The molecule has 3 fully saturated rings. The van der Waals surface area contributed by atoms with E-state index in [0.29, 0.717) is 42.0 Å². The third-order valence-corrected chi connectivity index (χ3v) is 18.6. The first kappa shape index (κ1) is 55.5. The average Bonchev–Trinajstić information content (AvgIpc) is 3.48. The van der Waals surface area contributed by atoms with Crippen molar-refractivity contribution in [3.8, 4) is 28.4 Å². The van der Waals surface area contributed by atoms with Gasteiger partial charge in [0.2, 0.25) is 30.9 Å². The van der Waals surface area contributed by atoms with Gasteiger partial charge in [0.25, 0.3) is 9.06 Å². The van der Waals surface area contributed by atoms with E-state index in [0.717, 1.165) is 13.1 Å². The van der Waals surface area contributed by atoms with Crippen molar-refractivity contribution < 1.29 is 67.3 Å². The molecule has 5 aromatic carbocycles. The van der Waals surface area contributed by atoms with E-state index in [2.05, 4.69) is 36.2 Å². The zero-order valence-corrected chi connectivity index (χ0v) is 41.1. The summed E-state index contributed by atoms with van der Waals surface area (Å²) in [5.41, 5.74) is 2.08. The normalized spacial score (nSPS) is 19.5. The molecule has 2 bridgehead atoms. The Hall–Kier alpha value is -5.13. The zero-order chi connectivity index (χ0) is 50.4. The summed E-state index contributed by atoms with van der Waals surface area (Å²) in [5, 5.41) is 9.46. The second kappa shape index (κ2) is 23.5. The van der Waals surface area contributed by atoms with Crippen LogP contribution in [0.5, 0.6) is 17.2 Å². The lowest BCUT2D eigenvalue weighted by atomic mass is 10.0. The molecule has 1 atom stereocenters. The molecule has 24 nitrogen and oxygen atoms in total. The highest BCUT2D eigenvalue weighted by molar-refractivity contribution is 8.66. The Kier molecular flexibility index (Phi) is 19.1. The zero-order valence-electron chi connectivity index (χ0n) is 35.3. The Labute approximate surface area is 395 Å². The lowest BCUT2D eigenvalue weighted by molar-refractivity contribution is 0.217. The van der Waals surface area contributed by atoms with Crippen molar-refractivity contribution in [2.75, 3.05) is 39.1 Å². The maximum absolute atomic E-state index is 11.8. The van der Waals surface area contributed by atoms with E-state index in [9.17, 15) is 59.9 Å². The highest BCUT2D eigenvalue weighted by atomic mass is 33.2. The van der Waals surface area contributed by atoms with E-state index in [-0.39, 0.29) is 22.1 Å². The Morgan fingerprint density at radius 3 is 1.49 bits per heavy atom. The van der Waals surface area contributed by atoms with Crippen molar-refractivity contribution in [2.24, 2.45) is 0 Å². The topological polar surface area (TPSA) is 357 Å².